The molecule has 2 saturated heterocycles. The highest BCUT2D eigenvalue weighted by Crippen LogP contribution is 2.25. The lowest BCUT2D eigenvalue weighted by Crippen LogP contribution is -2.49. The molecule has 7 heteroatoms. The number of carbonyl (C=O) groups excluding carboxylic acids is 2. The first kappa shape index (κ1) is 15.1. The van der Waals surface area contributed by atoms with Crippen LogP contribution in [0.25, 0.3) is 0 Å². The minimum atomic E-state index is -0.438. The van der Waals surface area contributed by atoms with Crippen molar-refractivity contribution in [2.45, 2.75) is 12.5 Å². The average Bonchev–Trinajstić information content (AvgIpc) is 3.05. The summed E-state index contributed by atoms with van der Waals surface area (Å²) < 4.78 is 7.18. The topological polar surface area (TPSA) is 89.6 Å². The number of nitrogens with zero attached hydrogens (tertiary/aromatic N) is 2. The number of carbonyl (C=O) groups is 2. The molecule has 2 aliphatic heterocycles. The zero-order chi connectivity index (χ0) is 15.5. The van der Waals surface area contributed by atoms with E-state index >= 15 is 0 Å². The van der Waals surface area contributed by atoms with Gasteiger partial charge in [0, 0.05) is 38.4 Å². The van der Waals surface area contributed by atoms with Crippen LogP contribution in [0.1, 0.15) is 23.0 Å². The second kappa shape index (κ2) is 6.50. The maximum atomic E-state index is 12.6. The lowest BCUT2D eigenvalue weighted by Gasteiger charge is -2.35. The predicted molar refractivity (Wildman–Crippen MR) is 80.4 cm³/mol. The summed E-state index contributed by atoms with van der Waals surface area (Å²) in [5.41, 5.74) is 5.90. The maximum absolute atomic E-state index is 12.6. The summed E-state index contributed by atoms with van der Waals surface area (Å²) in [5, 5.41) is 3.31. The number of amides is 2. The third-order valence-electron chi connectivity index (χ3n) is 4.42. The average molecular weight is 306 g/mol. The highest BCUT2D eigenvalue weighted by Gasteiger charge is 2.32. The molecule has 0 aliphatic carbocycles. The molecule has 7 nitrogen and oxygen atoms in total. The Morgan fingerprint density at radius 3 is 2.77 bits per heavy atom. The Kier molecular flexibility index (Phi) is 4.44. The van der Waals surface area contributed by atoms with Crippen LogP contribution in [0.2, 0.25) is 0 Å². The number of primary amides is 1. The molecule has 1 aromatic heterocycles. The number of hydrogen-bond donors (Lipinski definition) is 2. The Balaban J connectivity index is 1.69. The van der Waals surface area contributed by atoms with E-state index in [1.165, 1.54) is 0 Å². The van der Waals surface area contributed by atoms with Gasteiger partial charge in [-0.2, -0.15) is 0 Å². The fraction of sp³-hybridized carbons (Fsp3) is 0.600. The molecule has 2 fully saturated rings. The molecule has 0 saturated carbocycles. The highest BCUT2D eigenvalue weighted by atomic mass is 16.5. The Labute approximate surface area is 129 Å². The number of piperidine rings is 1. The lowest BCUT2D eigenvalue weighted by molar-refractivity contribution is -0.140. The normalized spacial score (nSPS) is 25.9. The van der Waals surface area contributed by atoms with Gasteiger partial charge in [0.2, 0.25) is 5.91 Å². The van der Waals surface area contributed by atoms with Gasteiger partial charge in [-0.05, 0) is 18.6 Å². The minimum absolute atomic E-state index is 0.0695. The summed E-state index contributed by atoms with van der Waals surface area (Å²) in [5.74, 6) is -0.333. The molecule has 0 spiro atoms. The largest absolute Gasteiger partial charge is 0.378 e. The zero-order valence-corrected chi connectivity index (χ0v) is 12.5. The molecule has 2 aliphatic rings. The van der Waals surface area contributed by atoms with Gasteiger partial charge in [0.05, 0.1) is 19.1 Å². The van der Waals surface area contributed by atoms with Gasteiger partial charge in [-0.25, -0.2) is 0 Å². The number of ether oxygens (including phenoxy) is 1. The molecular formula is C15H22N4O3. The first-order valence-corrected chi connectivity index (χ1v) is 7.70. The van der Waals surface area contributed by atoms with Crippen LogP contribution in [0.15, 0.2) is 18.3 Å². The van der Waals surface area contributed by atoms with Gasteiger partial charge in [-0.3, -0.25) is 9.59 Å². The SMILES string of the molecule is NC(=O)c1cccn1[C@@H]1CNC[C@H](C(=O)N2CCOCC2)C1. The van der Waals surface area contributed by atoms with E-state index in [0.717, 1.165) is 13.0 Å². The smallest absolute Gasteiger partial charge is 0.265 e. The Morgan fingerprint density at radius 1 is 1.27 bits per heavy atom. The van der Waals surface area contributed by atoms with Gasteiger partial charge in [0.15, 0.2) is 0 Å². The number of nitrogens with one attached hydrogen (secondary N) is 1. The van der Waals surface area contributed by atoms with E-state index in [4.69, 9.17) is 10.5 Å². The van der Waals surface area contributed by atoms with Gasteiger partial charge in [-0.15, -0.1) is 0 Å². The number of rotatable bonds is 3. The monoisotopic (exact) mass is 306 g/mol. The van der Waals surface area contributed by atoms with E-state index in [-0.39, 0.29) is 17.9 Å². The summed E-state index contributed by atoms with van der Waals surface area (Å²) >= 11 is 0. The molecule has 3 N–H and O–H groups in total. The molecule has 0 unspecified atom stereocenters. The number of aromatic nitrogens is 1. The Morgan fingerprint density at radius 2 is 2.05 bits per heavy atom. The molecule has 3 rings (SSSR count). The van der Waals surface area contributed by atoms with Crippen molar-refractivity contribution in [2.24, 2.45) is 11.7 Å². The van der Waals surface area contributed by atoms with Crippen LogP contribution < -0.4 is 11.1 Å². The first-order valence-electron chi connectivity index (χ1n) is 7.70. The zero-order valence-electron chi connectivity index (χ0n) is 12.5. The highest BCUT2D eigenvalue weighted by molar-refractivity contribution is 5.91. The third kappa shape index (κ3) is 3.00. The molecular weight excluding hydrogens is 284 g/mol. The minimum Gasteiger partial charge on any atom is -0.378 e. The van der Waals surface area contributed by atoms with E-state index in [2.05, 4.69) is 5.32 Å². The third-order valence-corrected chi connectivity index (χ3v) is 4.42. The molecule has 0 bridgehead atoms. The van der Waals surface area contributed by atoms with Gasteiger partial charge in [0.1, 0.15) is 5.69 Å². The number of morpholine rings is 1. The van der Waals surface area contributed by atoms with Gasteiger partial charge >= 0.3 is 0 Å². The molecule has 0 radical (unpaired) electrons. The van der Waals surface area contributed by atoms with Crippen LogP contribution >= 0.6 is 0 Å². The van der Waals surface area contributed by atoms with E-state index in [1.807, 2.05) is 21.7 Å². The molecule has 3 heterocycles. The van der Waals surface area contributed by atoms with Crippen molar-refractivity contribution in [3.8, 4) is 0 Å². The van der Waals surface area contributed by atoms with Crippen LogP contribution in [0, 0.1) is 5.92 Å². The van der Waals surface area contributed by atoms with Gasteiger partial charge < -0.3 is 25.3 Å². The molecule has 1 aromatic rings. The van der Waals surface area contributed by atoms with Crippen LogP contribution in [0.5, 0.6) is 0 Å². The van der Waals surface area contributed by atoms with Crippen LogP contribution in [-0.2, 0) is 9.53 Å². The Hall–Kier alpha value is -1.86. The number of hydrogen-bond acceptors (Lipinski definition) is 4. The van der Waals surface area contributed by atoms with Crippen molar-refractivity contribution < 1.29 is 14.3 Å². The summed E-state index contributed by atoms with van der Waals surface area (Å²) in [6.07, 6.45) is 2.58. The second-order valence-electron chi connectivity index (χ2n) is 5.85. The summed E-state index contributed by atoms with van der Waals surface area (Å²) in [7, 11) is 0. The molecule has 0 aromatic carbocycles. The molecule has 2 atom stereocenters. The summed E-state index contributed by atoms with van der Waals surface area (Å²) in [6, 6.07) is 3.60. The lowest BCUT2D eigenvalue weighted by atomic mass is 9.94. The Bertz CT molecular complexity index is 551. The summed E-state index contributed by atoms with van der Waals surface area (Å²) in [6.45, 7) is 3.96. The van der Waals surface area contributed by atoms with Crippen molar-refractivity contribution in [3.05, 3.63) is 24.0 Å². The van der Waals surface area contributed by atoms with Crippen molar-refractivity contribution in [2.75, 3.05) is 39.4 Å². The van der Waals surface area contributed by atoms with Gasteiger partial charge in [0.25, 0.3) is 5.91 Å². The van der Waals surface area contributed by atoms with E-state index in [1.54, 1.807) is 6.07 Å². The second-order valence-corrected chi connectivity index (χ2v) is 5.85. The number of nitrogens with two attached hydrogens (primary N) is 1. The van der Waals surface area contributed by atoms with E-state index in [9.17, 15) is 9.59 Å². The maximum Gasteiger partial charge on any atom is 0.265 e. The first-order chi connectivity index (χ1) is 10.7. The summed E-state index contributed by atoms with van der Waals surface area (Å²) in [4.78, 5) is 26.0. The molecule has 22 heavy (non-hydrogen) atoms. The fourth-order valence-corrected chi connectivity index (χ4v) is 3.28. The van der Waals surface area contributed by atoms with E-state index in [0.29, 0.717) is 38.5 Å². The van der Waals surface area contributed by atoms with Crippen molar-refractivity contribution in [1.29, 1.82) is 0 Å². The molecule has 120 valence electrons. The van der Waals surface area contributed by atoms with E-state index < -0.39 is 5.91 Å². The quantitative estimate of drug-likeness (QED) is 0.795. The van der Waals surface area contributed by atoms with Crippen molar-refractivity contribution in [1.82, 2.24) is 14.8 Å². The van der Waals surface area contributed by atoms with Crippen LogP contribution in [0.4, 0.5) is 0 Å². The standard InChI is InChI=1S/C15H22N4O3/c16-14(20)13-2-1-3-19(13)12-8-11(9-17-10-12)15(21)18-4-6-22-7-5-18/h1-3,11-12,17H,4-10H2,(H2,16,20)/t11-,12+/m1/s1. The van der Waals surface area contributed by atoms with Crippen molar-refractivity contribution in [3.63, 3.8) is 0 Å². The predicted octanol–water partition coefficient (Wildman–Crippen LogP) is -0.404. The van der Waals surface area contributed by atoms with Gasteiger partial charge in [-0.1, -0.05) is 0 Å². The molecule has 2 amide bonds. The van der Waals surface area contributed by atoms with Crippen LogP contribution in [-0.4, -0.2) is 60.7 Å². The fourth-order valence-electron chi connectivity index (χ4n) is 3.28. The van der Waals surface area contributed by atoms with Crippen LogP contribution in [0.3, 0.4) is 0 Å². The van der Waals surface area contributed by atoms with Crippen molar-refractivity contribution >= 4 is 11.8 Å².